The van der Waals surface area contributed by atoms with Gasteiger partial charge in [-0.1, -0.05) is 12.8 Å². The van der Waals surface area contributed by atoms with Crippen LogP contribution in [0.4, 0.5) is 14.5 Å². The van der Waals surface area contributed by atoms with E-state index in [1.54, 1.807) is 7.05 Å². The first-order chi connectivity index (χ1) is 8.50. The van der Waals surface area contributed by atoms with E-state index in [9.17, 15) is 13.6 Å². The standard InChI is InChI=1S/C13H16F2N2O/c1-17(8-4-2-3-5-8)13(18)9-6-12(16)11(15)7-10(9)14/h6-8H,2-5,16H2,1H3. The molecule has 0 aliphatic heterocycles. The highest BCUT2D eigenvalue weighted by Crippen LogP contribution is 2.25. The van der Waals surface area contributed by atoms with Gasteiger partial charge in [0.05, 0.1) is 11.3 Å². The van der Waals surface area contributed by atoms with Crippen LogP contribution in [0, 0.1) is 11.6 Å². The van der Waals surface area contributed by atoms with Crippen molar-refractivity contribution in [3.63, 3.8) is 0 Å². The zero-order chi connectivity index (χ0) is 13.3. The van der Waals surface area contributed by atoms with Crippen molar-refractivity contribution < 1.29 is 13.6 Å². The van der Waals surface area contributed by atoms with E-state index in [4.69, 9.17) is 5.73 Å². The van der Waals surface area contributed by atoms with E-state index < -0.39 is 17.5 Å². The average Bonchev–Trinajstić information content (AvgIpc) is 2.85. The molecule has 3 nitrogen and oxygen atoms in total. The predicted molar refractivity (Wildman–Crippen MR) is 65.1 cm³/mol. The molecule has 0 atom stereocenters. The second kappa shape index (κ2) is 4.92. The van der Waals surface area contributed by atoms with Crippen LogP contribution in [0.15, 0.2) is 12.1 Å². The van der Waals surface area contributed by atoms with Gasteiger partial charge in [0.25, 0.3) is 5.91 Å². The molecule has 0 radical (unpaired) electrons. The minimum absolute atomic E-state index is 0.142. The van der Waals surface area contributed by atoms with E-state index >= 15 is 0 Å². The Bertz CT molecular complexity index is 470. The van der Waals surface area contributed by atoms with Gasteiger partial charge < -0.3 is 10.6 Å². The average molecular weight is 254 g/mol. The number of benzene rings is 1. The Kier molecular flexibility index (Phi) is 3.50. The predicted octanol–water partition coefficient (Wildman–Crippen LogP) is 2.56. The summed E-state index contributed by atoms with van der Waals surface area (Å²) >= 11 is 0. The third-order valence-electron chi connectivity index (χ3n) is 3.51. The Morgan fingerprint density at radius 2 is 1.89 bits per heavy atom. The lowest BCUT2D eigenvalue weighted by atomic mass is 10.1. The van der Waals surface area contributed by atoms with Gasteiger partial charge in [0, 0.05) is 19.2 Å². The summed E-state index contributed by atoms with van der Waals surface area (Å²) in [6.07, 6.45) is 4.02. The summed E-state index contributed by atoms with van der Waals surface area (Å²) in [4.78, 5) is 13.7. The first-order valence-electron chi connectivity index (χ1n) is 6.02. The molecule has 1 aromatic carbocycles. The van der Waals surface area contributed by atoms with Gasteiger partial charge in [-0.05, 0) is 18.9 Å². The summed E-state index contributed by atoms with van der Waals surface area (Å²) in [5.41, 5.74) is 5.00. The van der Waals surface area contributed by atoms with Gasteiger partial charge in [0.2, 0.25) is 0 Å². The molecule has 18 heavy (non-hydrogen) atoms. The Hall–Kier alpha value is -1.65. The van der Waals surface area contributed by atoms with Crippen LogP contribution in [0.25, 0.3) is 0 Å². The van der Waals surface area contributed by atoms with Crippen LogP contribution in [-0.2, 0) is 0 Å². The molecular formula is C13H16F2N2O. The normalized spacial score (nSPS) is 15.9. The SMILES string of the molecule is CN(C(=O)c1cc(N)c(F)cc1F)C1CCCC1. The number of hydrogen-bond acceptors (Lipinski definition) is 2. The number of carbonyl (C=O) groups is 1. The number of carbonyl (C=O) groups excluding carboxylic acids is 1. The number of nitrogens with zero attached hydrogens (tertiary/aromatic N) is 1. The lowest BCUT2D eigenvalue weighted by molar-refractivity contribution is 0.0730. The van der Waals surface area contributed by atoms with Gasteiger partial charge in [-0.25, -0.2) is 8.78 Å². The largest absolute Gasteiger partial charge is 0.396 e. The number of nitrogens with two attached hydrogens (primary N) is 1. The van der Waals surface area contributed by atoms with E-state index in [1.165, 1.54) is 4.90 Å². The maximum atomic E-state index is 13.6. The molecule has 1 aliphatic rings. The lowest BCUT2D eigenvalue weighted by Gasteiger charge is -2.24. The van der Waals surface area contributed by atoms with Crippen molar-refractivity contribution in [3.05, 3.63) is 29.3 Å². The van der Waals surface area contributed by atoms with Gasteiger partial charge in [0.1, 0.15) is 11.6 Å². The van der Waals surface area contributed by atoms with Gasteiger partial charge in [-0.15, -0.1) is 0 Å². The molecule has 0 aromatic heterocycles. The van der Waals surface area contributed by atoms with E-state index in [0.29, 0.717) is 6.07 Å². The molecule has 1 aliphatic carbocycles. The summed E-state index contributed by atoms with van der Waals surface area (Å²) < 4.78 is 26.6. The summed E-state index contributed by atoms with van der Waals surface area (Å²) in [7, 11) is 1.65. The molecule has 1 amide bonds. The minimum atomic E-state index is -0.864. The molecular weight excluding hydrogens is 238 g/mol. The van der Waals surface area contributed by atoms with Crippen molar-refractivity contribution >= 4 is 11.6 Å². The second-order valence-electron chi connectivity index (χ2n) is 4.71. The number of rotatable bonds is 2. The van der Waals surface area contributed by atoms with Gasteiger partial charge in [-0.2, -0.15) is 0 Å². The first kappa shape index (κ1) is 12.8. The number of anilines is 1. The highest BCUT2D eigenvalue weighted by atomic mass is 19.1. The van der Waals surface area contributed by atoms with Crippen LogP contribution in [0.3, 0.4) is 0 Å². The summed E-state index contributed by atoms with van der Waals surface area (Å²) in [5.74, 6) is -2.14. The van der Waals surface area contributed by atoms with Crippen molar-refractivity contribution in [1.82, 2.24) is 4.90 Å². The van der Waals surface area contributed by atoms with Crippen LogP contribution in [0.1, 0.15) is 36.0 Å². The topological polar surface area (TPSA) is 46.3 Å². The number of amides is 1. The monoisotopic (exact) mass is 254 g/mol. The van der Waals surface area contributed by atoms with Crippen LogP contribution in [-0.4, -0.2) is 23.9 Å². The van der Waals surface area contributed by atoms with Gasteiger partial charge in [0.15, 0.2) is 0 Å². The Labute approximate surface area is 105 Å². The van der Waals surface area contributed by atoms with Crippen molar-refractivity contribution in [1.29, 1.82) is 0 Å². The minimum Gasteiger partial charge on any atom is -0.396 e. The highest BCUT2D eigenvalue weighted by molar-refractivity contribution is 5.95. The van der Waals surface area contributed by atoms with E-state index in [0.717, 1.165) is 31.7 Å². The zero-order valence-corrected chi connectivity index (χ0v) is 10.2. The van der Waals surface area contributed by atoms with Crippen molar-refractivity contribution in [2.45, 2.75) is 31.7 Å². The lowest BCUT2D eigenvalue weighted by Crippen LogP contribution is -2.35. The summed E-state index contributed by atoms with van der Waals surface area (Å²) in [5, 5.41) is 0. The molecule has 0 heterocycles. The van der Waals surface area contributed by atoms with Gasteiger partial charge >= 0.3 is 0 Å². The Balaban J connectivity index is 2.25. The highest BCUT2D eigenvalue weighted by Gasteiger charge is 2.26. The maximum Gasteiger partial charge on any atom is 0.256 e. The van der Waals surface area contributed by atoms with Crippen molar-refractivity contribution in [2.75, 3.05) is 12.8 Å². The molecule has 98 valence electrons. The fourth-order valence-corrected chi connectivity index (χ4v) is 2.38. The van der Waals surface area contributed by atoms with Crippen LogP contribution < -0.4 is 5.73 Å². The van der Waals surface area contributed by atoms with E-state index in [1.807, 2.05) is 0 Å². The number of hydrogen-bond donors (Lipinski definition) is 1. The van der Waals surface area contributed by atoms with Crippen LogP contribution >= 0.6 is 0 Å². The maximum absolute atomic E-state index is 13.6. The Morgan fingerprint density at radius 1 is 1.28 bits per heavy atom. The molecule has 1 fully saturated rings. The molecule has 2 rings (SSSR count). The van der Waals surface area contributed by atoms with Crippen molar-refractivity contribution in [3.8, 4) is 0 Å². The molecule has 1 saturated carbocycles. The first-order valence-corrected chi connectivity index (χ1v) is 6.02. The van der Waals surface area contributed by atoms with Crippen LogP contribution in [0.2, 0.25) is 0 Å². The third kappa shape index (κ3) is 2.30. The number of nitrogen functional groups attached to an aromatic ring is 1. The van der Waals surface area contributed by atoms with E-state index in [2.05, 4.69) is 0 Å². The zero-order valence-electron chi connectivity index (χ0n) is 10.2. The quantitative estimate of drug-likeness (QED) is 0.824. The van der Waals surface area contributed by atoms with E-state index in [-0.39, 0.29) is 17.3 Å². The molecule has 0 bridgehead atoms. The fraction of sp³-hybridized carbons (Fsp3) is 0.462. The second-order valence-corrected chi connectivity index (χ2v) is 4.71. The van der Waals surface area contributed by atoms with Gasteiger partial charge in [-0.3, -0.25) is 4.79 Å². The molecule has 5 heteroatoms. The molecule has 0 unspecified atom stereocenters. The van der Waals surface area contributed by atoms with Crippen molar-refractivity contribution in [2.24, 2.45) is 0 Å². The Morgan fingerprint density at radius 3 is 2.50 bits per heavy atom. The fourth-order valence-electron chi connectivity index (χ4n) is 2.38. The summed E-state index contributed by atoms with van der Waals surface area (Å²) in [6.45, 7) is 0. The molecule has 0 saturated heterocycles. The third-order valence-corrected chi connectivity index (χ3v) is 3.51. The molecule has 1 aromatic rings. The van der Waals surface area contributed by atoms with Crippen LogP contribution in [0.5, 0.6) is 0 Å². The smallest absolute Gasteiger partial charge is 0.256 e. The molecule has 0 spiro atoms. The molecule has 2 N–H and O–H groups in total. The summed E-state index contributed by atoms with van der Waals surface area (Å²) in [6, 6.07) is 1.87. The number of halogens is 2.